The number of anilines is 1. The molecule has 0 aromatic heterocycles. The van der Waals surface area contributed by atoms with Crippen LogP contribution in [0.5, 0.6) is 5.75 Å². The fourth-order valence-electron chi connectivity index (χ4n) is 1.87. The topological polar surface area (TPSA) is 116 Å². The molecule has 2 aromatic carbocycles. The quantitative estimate of drug-likeness (QED) is 0.300. The maximum Gasteiger partial charge on any atom is 0.312 e. The molecule has 0 aliphatic heterocycles. The largest absolute Gasteiger partial charge is 0.501 e. The number of halogens is 2. The lowest BCUT2D eigenvalue weighted by Gasteiger charge is -2.05. The van der Waals surface area contributed by atoms with Gasteiger partial charge in [0.2, 0.25) is 5.75 Å². The smallest absolute Gasteiger partial charge is 0.312 e. The molecule has 1 amide bonds. The van der Waals surface area contributed by atoms with Crippen molar-refractivity contribution in [3.8, 4) is 11.8 Å². The third-order valence-electron chi connectivity index (χ3n) is 3.04. The zero-order chi connectivity index (χ0) is 18.6. The van der Waals surface area contributed by atoms with E-state index in [1.54, 1.807) is 30.3 Å². The van der Waals surface area contributed by atoms with Gasteiger partial charge in [-0.05, 0) is 57.9 Å². The summed E-state index contributed by atoms with van der Waals surface area (Å²) in [6, 6.07) is 11.0. The Morgan fingerprint density at radius 1 is 1.28 bits per heavy atom. The van der Waals surface area contributed by atoms with Crippen LogP contribution >= 0.6 is 31.9 Å². The second-order valence-corrected chi connectivity index (χ2v) is 6.53. The Labute approximate surface area is 159 Å². The molecule has 0 fully saturated rings. The normalized spacial score (nSPS) is 10.8. The van der Waals surface area contributed by atoms with Crippen LogP contribution in [-0.2, 0) is 4.79 Å². The molecule has 0 bridgehead atoms. The second kappa shape index (κ2) is 7.92. The number of nitrogens with one attached hydrogen (secondary N) is 1. The van der Waals surface area contributed by atoms with Gasteiger partial charge in [0, 0.05) is 16.2 Å². The van der Waals surface area contributed by atoms with Gasteiger partial charge in [0.25, 0.3) is 5.91 Å². The third-order valence-corrected chi connectivity index (χ3v) is 4.17. The number of nitro benzene ring substituents is 1. The predicted molar refractivity (Wildman–Crippen MR) is 98.8 cm³/mol. The fraction of sp³-hybridized carbons (Fsp3) is 0. The Hall–Kier alpha value is -2.70. The van der Waals surface area contributed by atoms with E-state index >= 15 is 0 Å². The number of rotatable bonds is 4. The minimum Gasteiger partial charge on any atom is -0.501 e. The molecule has 0 aliphatic rings. The van der Waals surface area contributed by atoms with Gasteiger partial charge in [-0.1, -0.05) is 15.9 Å². The van der Waals surface area contributed by atoms with E-state index in [0.717, 1.165) is 10.5 Å². The molecular formula is C16H9Br2N3O4. The highest BCUT2D eigenvalue weighted by atomic mass is 79.9. The number of nitriles is 1. The lowest BCUT2D eigenvalue weighted by Crippen LogP contribution is -2.13. The van der Waals surface area contributed by atoms with Crippen molar-refractivity contribution in [2.75, 3.05) is 5.32 Å². The molecule has 0 unspecified atom stereocenters. The minimum atomic E-state index is -0.759. The summed E-state index contributed by atoms with van der Waals surface area (Å²) in [6.45, 7) is 0. The summed E-state index contributed by atoms with van der Waals surface area (Å²) >= 11 is 6.28. The number of aromatic hydroxyl groups is 1. The van der Waals surface area contributed by atoms with Crippen molar-refractivity contribution >= 4 is 55.2 Å². The van der Waals surface area contributed by atoms with Gasteiger partial charge in [0.05, 0.1) is 9.40 Å². The monoisotopic (exact) mass is 465 g/mol. The number of phenolic OH excluding ortho intramolecular Hbond substituents is 1. The van der Waals surface area contributed by atoms with Crippen molar-refractivity contribution in [2.24, 2.45) is 0 Å². The van der Waals surface area contributed by atoms with Crippen LogP contribution < -0.4 is 5.32 Å². The molecule has 0 aliphatic carbocycles. The van der Waals surface area contributed by atoms with Crippen LogP contribution in [0.1, 0.15) is 5.56 Å². The maximum absolute atomic E-state index is 12.2. The van der Waals surface area contributed by atoms with E-state index in [2.05, 4.69) is 37.2 Å². The van der Waals surface area contributed by atoms with Crippen LogP contribution in [0.25, 0.3) is 6.08 Å². The number of nitro groups is 1. The van der Waals surface area contributed by atoms with Gasteiger partial charge in [-0.15, -0.1) is 0 Å². The summed E-state index contributed by atoms with van der Waals surface area (Å²) in [7, 11) is 0. The number of nitrogens with zero attached hydrogens (tertiary/aromatic N) is 2. The van der Waals surface area contributed by atoms with E-state index in [9.17, 15) is 25.3 Å². The van der Waals surface area contributed by atoms with Crippen LogP contribution in [0, 0.1) is 21.4 Å². The number of hydrogen-bond acceptors (Lipinski definition) is 5. The second-order valence-electron chi connectivity index (χ2n) is 4.76. The Morgan fingerprint density at radius 2 is 1.92 bits per heavy atom. The van der Waals surface area contributed by atoms with Gasteiger partial charge in [0.15, 0.2) is 0 Å². The third kappa shape index (κ3) is 4.65. The molecule has 126 valence electrons. The van der Waals surface area contributed by atoms with Crippen molar-refractivity contribution in [3.05, 3.63) is 66.6 Å². The number of benzene rings is 2. The molecule has 0 saturated carbocycles. The fourth-order valence-corrected chi connectivity index (χ4v) is 2.61. The SMILES string of the molecule is N#C/C(=C/c1cc(Br)c(O)c([N+](=O)[O-])c1)C(=O)Nc1ccc(Br)cc1. The van der Waals surface area contributed by atoms with Crippen molar-refractivity contribution in [1.29, 1.82) is 5.26 Å². The van der Waals surface area contributed by atoms with Crippen LogP contribution in [0.3, 0.4) is 0 Å². The Kier molecular flexibility index (Phi) is 5.90. The maximum atomic E-state index is 12.2. The van der Waals surface area contributed by atoms with E-state index in [1.165, 1.54) is 12.1 Å². The summed E-state index contributed by atoms with van der Waals surface area (Å²) in [5, 5.41) is 32.4. The first-order chi connectivity index (χ1) is 11.8. The van der Waals surface area contributed by atoms with Gasteiger partial charge in [-0.25, -0.2) is 0 Å². The summed E-state index contributed by atoms with van der Waals surface area (Å²) in [4.78, 5) is 22.4. The summed E-state index contributed by atoms with van der Waals surface area (Å²) in [5.41, 5.74) is -0.0628. The molecule has 0 spiro atoms. The molecule has 0 atom stereocenters. The van der Waals surface area contributed by atoms with Gasteiger partial charge in [-0.2, -0.15) is 5.26 Å². The van der Waals surface area contributed by atoms with Gasteiger partial charge in [-0.3, -0.25) is 14.9 Å². The van der Waals surface area contributed by atoms with Crippen LogP contribution in [0.2, 0.25) is 0 Å². The summed E-state index contributed by atoms with van der Waals surface area (Å²) < 4.78 is 0.918. The highest BCUT2D eigenvalue weighted by Gasteiger charge is 2.18. The zero-order valence-corrected chi connectivity index (χ0v) is 15.5. The molecule has 2 aromatic rings. The molecular weight excluding hydrogens is 458 g/mol. The van der Waals surface area contributed by atoms with Crippen LogP contribution in [0.15, 0.2) is 50.9 Å². The lowest BCUT2D eigenvalue weighted by atomic mass is 10.1. The van der Waals surface area contributed by atoms with E-state index in [1.807, 2.05) is 0 Å². The van der Waals surface area contributed by atoms with Crippen LogP contribution in [0.4, 0.5) is 11.4 Å². The Bertz CT molecular complexity index is 918. The number of phenols is 1. The highest BCUT2D eigenvalue weighted by Crippen LogP contribution is 2.35. The first-order valence-corrected chi connectivity index (χ1v) is 8.26. The summed E-state index contributed by atoms with van der Waals surface area (Å²) in [5.74, 6) is -1.18. The van der Waals surface area contributed by atoms with Gasteiger partial charge >= 0.3 is 5.69 Å². The number of carbonyl (C=O) groups is 1. The van der Waals surface area contributed by atoms with Crippen LogP contribution in [-0.4, -0.2) is 15.9 Å². The molecule has 0 heterocycles. The predicted octanol–water partition coefficient (Wildman–Crippen LogP) is 4.37. The van der Waals surface area contributed by atoms with Crippen molar-refractivity contribution in [2.45, 2.75) is 0 Å². The van der Waals surface area contributed by atoms with E-state index in [4.69, 9.17) is 0 Å². The van der Waals surface area contributed by atoms with Crippen molar-refractivity contribution < 1.29 is 14.8 Å². The molecule has 2 N–H and O–H groups in total. The summed E-state index contributed by atoms with van der Waals surface area (Å²) in [6.07, 6.45) is 1.20. The first kappa shape index (κ1) is 18.6. The molecule has 0 saturated heterocycles. The lowest BCUT2D eigenvalue weighted by molar-refractivity contribution is -0.386. The van der Waals surface area contributed by atoms with E-state index in [0.29, 0.717) is 5.69 Å². The average molecular weight is 467 g/mol. The zero-order valence-electron chi connectivity index (χ0n) is 12.4. The standard InChI is InChI=1S/C16H9Br2N3O4/c17-11-1-3-12(4-2-11)20-16(23)10(8-19)5-9-6-13(18)15(22)14(7-9)21(24)25/h1-7,22H,(H,20,23)/b10-5-. The van der Waals surface area contributed by atoms with Crippen molar-refractivity contribution in [3.63, 3.8) is 0 Å². The molecule has 9 heteroatoms. The van der Waals surface area contributed by atoms with Gasteiger partial charge < -0.3 is 10.4 Å². The molecule has 2 rings (SSSR count). The average Bonchev–Trinajstić information content (AvgIpc) is 2.57. The number of hydrogen-bond donors (Lipinski definition) is 2. The van der Waals surface area contributed by atoms with E-state index in [-0.39, 0.29) is 15.6 Å². The highest BCUT2D eigenvalue weighted by molar-refractivity contribution is 9.10. The Morgan fingerprint density at radius 3 is 2.48 bits per heavy atom. The minimum absolute atomic E-state index is 0.0820. The number of amides is 1. The molecule has 25 heavy (non-hydrogen) atoms. The Balaban J connectivity index is 2.34. The van der Waals surface area contributed by atoms with Crippen molar-refractivity contribution in [1.82, 2.24) is 0 Å². The number of carbonyl (C=O) groups excluding carboxylic acids is 1. The molecule has 7 nitrogen and oxygen atoms in total. The molecule has 0 radical (unpaired) electrons. The first-order valence-electron chi connectivity index (χ1n) is 6.67. The van der Waals surface area contributed by atoms with Gasteiger partial charge in [0.1, 0.15) is 11.6 Å². The van der Waals surface area contributed by atoms with E-state index < -0.39 is 22.3 Å².